The van der Waals surface area contributed by atoms with Crippen molar-refractivity contribution in [2.24, 2.45) is 0 Å². The number of carbonyl (C=O) groups is 2. The van der Waals surface area contributed by atoms with Crippen molar-refractivity contribution in [2.45, 2.75) is 26.3 Å². The van der Waals surface area contributed by atoms with Crippen molar-refractivity contribution in [1.82, 2.24) is 5.32 Å². The van der Waals surface area contributed by atoms with E-state index in [9.17, 15) is 9.59 Å². The topological polar surface area (TPSA) is 87.5 Å². The second-order valence-corrected chi connectivity index (χ2v) is 5.37. The molecule has 0 aromatic heterocycles. The minimum absolute atomic E-state index is 0.0308. The molecule has 0 saturated heterocycles. The molecule has 1 aliphatic heterocycles. The smallest absolute Gasteiger partial charge is 0.239 e. The van der Waals surface area contributed by atoms with Gasteiger partial charge in [-0.25, -0.2) is 0 Å². The highest BCUT2D eigenvalue weighted by atomic mass is 16.2. The molecule has 0 spiro atoms. The van der Waals surface area contributed by atoms with E-state index in [-0.39, 0.29) is 24.4 Å². The number of hydrogen-bond donors (Lipinski definition) is 3. The van der Waals surface area contributed by atoms with Crippen LogP contribution >= 0.6 is 0 Å². The summed E-state index contributed by atoms with van der Waals surface area (Å²) in [5, 5.41) is 5.61. The Labute approximate surface area is 118 Å². The molecule has 1 aromatic carbocycles. The molecule has 0 bridgehead atoms. The largest absolute Gasteiger partial charge is 0.397 e. The van der Waals surface area contributed by atoms with Gasteiger partial charge in [0.25, 0.3) is 0 Å². The molecule has 108 valence electrons. The zero-order valence-corrected chi connectivity index (χ0v) is 12.0. The first-order valence-corrected chi connectivity index (χ1v) is 6.59. The maximum absolute atomic E-state index is 11.8. The van der Waals surface area contributed by atoms with Crippen LogP contribution < -0.4 is 21.3 Å². The summed E-state index contributed by atoms with van der Waals surface area (Å²) in [7, 11) is 1.80. The second-order valence-electron chi connectivity index (χ2n) is 5.37. The zero-order valence-electron chi connectivity index (χ0n) is 12.0. The van der Waals surface area contributed by atoms with Gasteiger partial charge in [0.1, 0.15) is 0 Å². The first-order chi connectivity index (χ1) is 9.36. The lowest BCUT2D eigenvalue weighted by Crippen LogP contribution is -2.38. The molecule has 4 N–H and O–H groups in total. The Hall–Kier alpha value is -2.24. The monoisotopic (exact) mass is 276 g/mol. The van der Waals surface area contributed by atoms with Crippen LogP contribution in [0.3, 0.4) is 0 Å². The number of likely N-dealkylation sites (N-methyl/N-ethyl adjacent to an activating group) is 1. The van der Waals surface area contributed by atoms with Crippen molar-refractivity contribution in [1.29, 1.82) is 0 Å². The summed E-state index contributed by atoms with van der Waals surface area (Å²) in [6, 6.07) is 3.71. The summed E-state index contributed by atoms with van der Waals surface area (Å²) < 4.78 is 0. The van der Waals surface area contributed by atoms with E-state index >= 15 is 0 Å². The van der Waals surface area contributed by atoms with Crippen LogP contribution in [0.5, 0.6) is 0 Å². The highest BCUT2D eigenvalue weighted by molar-refractivity contribution is 6.01. The van der Waals surface area contributed by atoms with Crippen LogP contribution in [0, 0.1) is 0 Å². The number of carbonyl (C=O) groups excluding carboxylic acids is 2. The number of nitrogens with one attached hydrogen (secondary N) is 2. The highest BCUT2D eigenvalue weighted by Crippen LogP contribution is 2.33. The lowest BCUT2D eigenvalue weighted by atomic mass is 10.1. The van der Waals surface area contributed by atoms with Gasteiger partial charge in [-0.15, -0.1) is 0 Å². The minimum Gasteiger partial charge on any atom is -0.397 e. The Balaban J connectivity index is 2.15. The second kappa shape index (κ2) is 5.40. The van der Waals surface area contributed by atoms with E-state index in [1.54, 1.807) is 18.0 Å². The third-order valence-electron chi connectivity index (χ3n) is 3.12. The molecule has 1 heterocycles. The van der Waals surface area contributed by atoms with E-state index < -0.39 is 0 Å². The SMILES string of the molecule is CC(C)NC(=O)CN(C)c1cc2c(cc1N)CC(=O)N2. The van der Waals surface area contributed by atoms with Gasteiger partial charge in [-0.1, -0.05) is 0 Å². The third-order valence-corrected chi connectivity index (χ3v) is 3.12. The predicted molar refractivity (Wildman–Crippen MR) is 79.7 cm³/mol. The molecule has 1 aliphatic rings. The average molecular weight is 276 g/mol. The predicted octanol–water partition coefficient (Wildman–Crippen LogP) is 0.724. The Morgan fingerprint density at radius 2 is 2.20 bits per heavy atom. The van der Waals surface area contributed by atoms with Crippen LogP contribution in [-0.4, -0.2) is 31.4 Å². The number of hydrogen-bond acceptors (Lipinski definition) is 4. The summed E-state index contributed by atoms with van der Waals surface area (Å²) in [5.74, 6) is -0.0943. The van der Waals surface area contributed by atoms with E-state index in [1.165, 1.54) is 0 Å². The van der Waals surface area contributed by atoms with Crippen LogP contribution in [0.25, 0.3) is 0 Å². The molecule has 2 amide bonds. The summed E-state index contributed by atoms with van der Waals surface area (Å²) in [5.41, 5.74) is 8.99. The molecule has 0 saturated carbocycles. The standard InChI is InChI=1S/C14H20N4O2/c1-8(2)16-14(20)7-18(3)12-6-11-9(4-10(12)15)5-13(19)17-11/h4,6,8H,5,7,15H2,1-3H3,(H,16,20)(H,17,19). The summed E-state index contributed by atoms with van der Waals surface area (Å²) in [6.45, 7) is 4.05. The molecular weight excluding hydrogens is 256 g/mol. The molecule has 1 aromatic rings. The maximum Gasteiger partial charge on any atom is 0.239 e. The molecule has 6 heteroatoms. The molecule has 0 atom stereocenters. The lowest BCUT2D eigenvalue weighted by molar-refractivity contribution is -0.120. The van der Waals surface area contributed by atoms with E-state index in [4.69, 9.17) is 5.73 Å². The van der Waals surface area contributed by atoms with E-state index in [0.29, 0.717) is 12.1 Å². The van der Waals surface area contributed by atoms with Gasteiger partial charge in [-0.3, -0.25) is 9.59 Å². The molecule has 6 nitrogen and oxygen atoms in total. The van der Waals surface area contributed by atoms with Gasteiger partial charge in [0.2, 0.25) is 11.8 Å². The molecule has 2 rings (SSSR count). The lowest BCUT2D eigenvalue weighted by Gasteiger charge is -2.22. The van der Waals surface area contributed by atoms with Gasteiger partial charge in [0.05, 0.1) is 24.3 Å². The Morgan fingerprint density at radius 1 is 1.50 bits per heavy atom. The number of nitrogens with two attached hydrogens (primary N) is 1. The van der Waals surface area contributed by atoms with Crippen molar-refractivity contribution in [3.8, 4) is 0 Å². The number of rotatable bonds is 4. The van der Waals surface area contributed by atoms with Gasteiger partial charge in [0.15, 0.2) is 0 Å². The average Bonchev–Trinajstić information content (AvgIpc) is 2.65. The fraction of sp³-hybridized carbons (Fsp3) is 0.429. The quantitative estimate of drug-likeness (QED) is 0.707. The Bertz CT molecular complexity index is 554. The van der Waals surface area contributed by atoms with E-state index in [0.717, 1.165) is 16.9 Å². The van der Waals surface area contributed by atoms with Crippen molar-refractivity contribution >= 4 is 28.9 Å². The van der Waals surface area contributed by atoms with Crippen molar-refractivity contribution < 1.29 is 9.59 Å². The van der Waals surface area contributed by atoms with Crippen LogP contribution in [-0.2, 0) is 16.0 Å². The van der Waals surface area contributed by atoms with Crippen LogP contribution in [0.1, 0.15) is 19.4 Å². The Kier molecular flexibility index (Phi) is 3.83. The summed E-state index contributed by atoms with van der Waals surface area (Å²) >= 11 is 0. The number of nitrogens with zero attached hydrogens (tertiary/aromatic N) is 1. The fourth-order valence-corrected chi connectivity index (χ4v) is 2.28. The third kappa shape index (κ3) is 3.01. The van der Waals surface area contributed by atoms with E-state index in [2.05, 4.69) is 10.6 Å². The van der Waals surface area contributed by atoms with Gasteiger partial charge < -0.3 is 21.3 Å². The van der Waals surface area contributed by atoms with Gasteiger partial charge in [-0.2, -0.15) is 0 Å². The molecular formula is C14H20N4O2. The van der Waals surface area contributed by atoms with Crippen LogP contribution in [0.2, 0.25) is 0 Å². The van der Waals surface area contributed by atoms with Crippen molar-refractivity contribution in [3.05, 3.63) is 17.7 Å². The number of amides is 2. The van der Waals surface area contributed by atoms with Crippen molar-refractivity contribution in [2.75, 3.05) is 29.5 Å². The number of anilines is 3. The fourth-order valence-electron chi connectivity index (χ4n) is 2.28. The molecule has 0 aliphatic carbocycles. The normalized spacial score (nSPS) is 13.1. The number of nitrogen functional groups attached to an aromatic ring is 1. The minimum atomic E-state index is -0.0635. The molecule has 0 radical (unpaired) electrons. The number of fused-ring (bicyclic) bond motifs is 1. The van der Waals surface area contributed by atoms with Gasteiger partial charge >= 0.3 is 0 Å². The van der Waals surface area contributed by atoms with Crippen molar-refractivity contribution in [3.63, 3.8) is 0 Å². The Morgan fingerprint density at radius 3 is 2.85 bits per heavy atom. The zero-order chi connectivity index (χ0) is 14.9. The van der Waals surface area contributed by atoms with E-state index in [1.807, 2.05) is 19.9 Å². The molecule has 20 heavy (non-hydrogen) atoms. The van der Waals surface area contributed by atoms with Crippen LogP contribution in [0.4, 0.5) is 17.1 Å². The van der Waals surface area contributed by atoms with Gasteiger partial charge in [0, 0.05) is 18.8 Å². The van der Waals surface area contributed by atoms with Gasteiger partial charge in [-0.05, 0) is 31.5 Å². The first-order valence-electron chi connectivity index (χ1n) is 6.59. The summed E-state index contributed by atoms with van der Waals surface area (Å²) in [6.07, 6.45) is 0.358. The molecule has 0 fully saturated rings. The summed E-state index contributed by atoms with van der Waals surface area (Å²) in [4.78, 5) is 24.9. The first kappa shape index (κ1) is 14.2. The molecule has 0 unspecified atom stereocenters. The number of benzene rings is 1. The van der Waals surface area contributed by atoms with Crippen LogP contribution in [0.15, 0.2) is 12.1 Å². The maximum atomic E-state index is 11.8. The highest BCUT2D eigenvalue weighted by Gasteiger charge is 2.21.